The van der Waals surface area contributed by atoms with Crippen molar-refractivity contribution in [3.8, 4) is 11.8 Å². The minimum absolute atomic E-state index is 0.0942. The van der Waals surface area contributed by atoms with E-state index in [-0.39, 0.29) is 11.5 Å². The van der Waals surface area contributed by atoms with Crippen LogP contribution in [0, 0.1) is 17.3 Å². The first-order valence-electron chi connectivity index (χ1n) is 11.0. The Kier molecular flexibility index (Phi) is 6.26. The standard InChI is InChI=1S/C29H30N2/c1-23(27-17-11-15-24-12-7-8-16-28(24)27)30-19-10-4-9-18-29(2,3)22-31-20-25-13-5-6-14-26(25)21-31/h4-8,10-17,20-21,23,30H,19,22H2,1-3H3/t23-/m1/s1. The molecule has 0 aliphatic carbocycles. The number of fused-ring (bicyclic) bond motifs is 2. The molecule has 3 aromatic carbocycles. The number of hydrogen-bond acceptors (Lipinski definition) is 1. The van der Waals surface area contributed by atoms with Gasteiger partial charge in [0.25, 0.3) is 0 Å². The van der Waals surface area contributed by atoms with E-state index in [4.69, 9.17) is 0 Å². The lowest BCUT2D eigenvalue weighted by Gasteiger charge is -2.18. The number of rotatable bonds is 6. The quantitative estimate of drug-likeness (QED) is 0.351. The molecule has 2 heteroatoms. The second-order valence-corrected chi connectivity index (χ2v) is 8.81. The Hall–Kier alpha value is -3.28. The van der Waals surface area contributed by atoms with Crippen LogP contribution in [-0.4, -0.2) is 11.1 Å². The highest BCUT2D eigenvalue weighted by Gasteiger charge is 2.15. The van der Waals surface area contributed by atoms with Gasteiger partial charge in [-0.25, -0.2) is 0 Å². The number of nitrogens with zero attached hydrogens (tertiary/aromatic N) is 1. The van der Waals surface area contributed by atoms with Crippen LogP contribution in [0.5, 0.6) is 0 Å². The number of hydrogen-bond donors (Lipinski definition) is 1. The van der Waals surface area contributed by atoms with Gasteiger partial charge in [-0.15, -0.1) is 0 Å². The predicted molar refractivity (Wildman–Crippen MR) is 133 cm³/mol. The molecule has 1 N–H and O–H groups in total. The van der Waals surface area contributed by atoms with Crippen molar-refractivity contribution in [1.29, 1.82) is 0 Å². The second-order valence-electron chi connectivity index (χ2n) is 8.81. The van der Waals surface area contributed by atoms with E-state index in [0.717, 1.165) is 13.1 Å². The Morgan fingerprint density at radius 1 is 0.903 bits per heavy atom. The molecule has 0 bridgehead atoms. The van der Waals surface area contributed by atoms with E-state index < -0.39 is 0 Å². The third-order valence-corrected chi connectivity index (χ3v) is 5.63. The smallest absolute Gasteiger partial charge is 0.0440 e. The number of benzene rings is 3. The zero-order valence-corrected chi connectivity index (χ0v) is 18.6. The maximum Gasteiger partial charge on any atom is 0.0440 e. The van der Waals surface area contributed by atoms with Crippen LogP contribution >= 0.6 is 0 Å². The Morgan fingerprint density at radius 2 is 1.55 bits per heavy atom. The van der Waals surface area contributed by atoms with E-state index in [9.17, 15) is 0 Å². The molecule has 2 nitrogen and oxygen atoms in total. The van der Waals surface area contributed by atoms with Gasteiger partial charge in [0.2, 0.25) is 0 Å². The molecule has 156 valence electrons. The number of aromatic nitrogens is 1. The van der Waals surface area contributed by atoms with Gasteiger partial charge in [-0.05, 0) is 54.0 Å². The third-order valence-electron chi connectivity index (χ3n) is 5.63. The van der Waals surface area contributed by atoms with E-state index in [1.807, 2.05) is 6.08 Å². The Morgan fingerprint density at radius 3 is 2.29 bits per heavy atom. The van der Waals surface area contributed by atoms with Gasteiger partial charge in [-0.2, -0.15) is 0 Å². The lowest BCUT2D eigenvalue weighted by molar-refractivity contribution is 0.416. The zero-order chi connectivity index (χ0) is 21.7. The molecule has 1 aromatic heterocycles. The second kappa shape index (κ2) is 9.25. The van der Waals surface area contributed by atoms with Gasteiger partial charge in [0, 0.05) is 36.9 Å². The monoisotopic (exact) mass is 406 g/mol. The molecule has 0 saturated carbocycles. The Labute approximate surface area is 185 Å². The third kappa shape index (κ3) is 5.26. The van der Waals surface area contributed by atoms with Gasteiger partial charge in [0.15, 0.2) is 0 Å². The molecule has 0 amide bonds. The average molecular weight is 407 g/mol. The lowest BCUT2D eigenvalue weighted by Crippen LogP contribution is -2.18. The normalized spacial score (nSPS) is 12.9. The minimum Gasteiger partial charge on any atom is -0.352 e. The highest BCUT2D eigenvalue weighted by Crippen LogP contribution is 2.24. The molecule has 4 aromatic rings. The highest BCUT2D eigenvalue weighted by molar-refractivity contribution is 5.86. The van der Waals surface area contributed by atoms with E-state index in [1.165, 1.54) is 27.1 Å². The summed E-state index contributed by atoms with van der Waals surface area (Å²) in [6.45, 7) is 8.27. The Bertz CT molecular complexity index is 1230. The lowest BCUT2D eigenvalue weighted by atomic mass is 9.94. The summed E-state index contributed by atoms with van der Waals surface area (Å²) in [5.74, 6) is 6.65. The van der Waals surface area contributed by atoms with Crippen LogP contribution in [0.25, 0.3) is 21.5 Å². The van der Waals surface area contributed by atoms with Crippen molar-refractivity contribution in [3.05, 3.63) is 96.8 Å². The maximum absolute atomic E-state index is 3.58. The SMILES string of the molecule is C[C@@H](NCC=CC#CC(C)(C)Cn1cc2ccccc2c1)c1cccc2ccccc12. The maximum atomic E-state index is 3.58. The topological polar surface area (TPSA) is 17.0 Å². The van der Waals surface area contributed by atoms with Gasteiger partial charge in [0.05, 0.1) is 0 Å². The van der Waals surface area contributed by atoms with Gasteiger partial charge < -0.3 is 9.88 Å². The van der Waals surface area contributed by atoms with Crippen LogP contribution < -0.4 is 5.32 Å². The van der Waals surface area contributed by atoms with Crippen LogP contribution in [0.15, 0.2) is 91.3 Å². The molecule has 0 saturated heterocycles. The van der Waals surface area contributed by atoms with Crippen LogP contribution in [0.4, 0.5) is 0 Å². The van der Waals surface area contributed by atoms with Crippen molar-refractivity contribution >= 4 is 21.5 Å². The highest BCUT2D eigenvalue weighted by atomic mass is 14.9. The van der Waals surface area contributed by atoms with Crippen LogP contribution in [-0.2, 0) is 6.54 Å². The number of nitrogens with one attached hydrogen (secondary N) is 1. The average Bonchev–Trinajstić information content (AvgIpc) is 3.17. The summed E-state index contributed by atoms with van der Waals surface area (Å²) in [5, 5.41) is 8.73. The molecular weight excluding hydrogens is 376 g/mol. The van der Waals surface area contributed by atoms with Gasteiger partial charge >= 0.3 is 0 Å². The van der Waals surface area contributed by atoms with Crippen molar-refractivity contribution in [2.75, 3.05) is 6.54 Å². The zero-order valence-electron chi connectivity index (χ0n) is 18.6. The largest absolute Gasteiger partial charge is 0.352 e. The summed E-state index contributed by atoms with van der Waals surface area (Å²) in [5.41, 5.74) is 1.24. The molecule has 0 aliphatic rings. The van der Waals surface area contributed by atoms with E-state index in [0.29, 0.717) is 0 Å². The minimum atomic E-state index is -0.0942. The molecule has 0 radical (unpaired) electrons. The van der Waals surface area contributed by atoms with Crippen molar-refractivity contribution in [1.82, 2.24) is 9.88 Å². The molecule has 0 unspecified atom stereocenters. The first-order chi connectivity index (χ1) is 15.0. The van der Waals surface area contributed by atoms with Crippen molar-refractivity contribution in [3.63, 3.8) is 0 Å². The van der Waals surface area contributed by atoms with Crippen LogP contribution in [0.3, 0.4) is 0 Å². The Balaban J connectivity index is 1.32. The summed E-state index contributed by atoms with van der Waals surface area (Å²) >= 11 is 0. The van der Waals surface area contributed by atoms with E-state index in [1.54, 1.807) is 0 Å². The molecule has 1 atom stereocenters. The summed E-state index contributed by atoms with van der Waals surface area (Å²) in [6, 6.07) is 23.8. The van der Waals surface area contributed by atoms with Crippen molar-refractivity contribution < 1.29 is 0 Å². The van der Waals surface area contributed by atoms with Gasteiger partial charge in [-0.1, -0.05) is 84.6 Å². The molecule has 0 spiro atoms. The molecule has 1 heterocycles. The summed E-state index contributed by atoms with van der Waals surface area (Å²) in [4.78, 5) is 0. The first-order valence-corrected chi connectivity index (χ1v) is 11.0. The van der Waals surface area contributed by atoms with E-state index >= 15 is 0 Å². The van der Waals surface area contributed by atoms with Gasteiger partial charge in [-0.3, -0.25) is 0 Å². The molecule has 4 rings (SSSR count). The predicted octanol–water partition coefficient (Wildman–Crippen LogP) is 6.73. The fraction of sp³-hybridized carbons (Fsp3) is 0.241. The van der Waals surface area contributed by atoms with Crippen LogP contribution in [0.2, 0.25) is 0 Å². The molecule has 31 heavy (non-hydrogen) atoms. The summed E-state index contributed by atoms with van der Waals surface area (Å²) < 4.78 is 2.25. The fourth-order valence-electron chi connectivity index (χ4n) is 4.07. The first kappa shape index (κ1) is 21.0. The fourth-order valence-corrected chi connectivity index (χ4v) is 4.07. The summed E-state index contributed by atoms with van der Waals surface area (Å²) in [6.07, 6.45) is 8.48. The van der Waals surface area contributed by atoms with Crippen LogP contribution in [0.1, 0.15) is 32.4 Å². The number of allylic oxidation sites excluding steroid dienone is 1. The molecular formula is C29H30N2. The van der Waals surface area contributed by atoms with E-state index in [2.05, 4.69) is 128 Å². The molecule has 0 fully saturated rings. The van der Waals surface area contributed by atoms with Crippen molar-refractivity contribution in [2.45, 2.75) is 33.4 Å². The molecule has 0 aliphatic heterocycles. The summed E-state index contributed by atoms with van der Waals surface area (Å²) in [7, 11) is 0. The van der Waals surface area contributed by atoms with Gasteiger partial charge in [0.1, 0.15) is 0 Å². The van der Waals surface area contributed by atoms with Crippen molar-refractivity contribution in [2.24, 2.45) is 5.41 Å².